The van der Waals surface area contributed by atoms with Crippen molar-refractivity contribution in [3.8, 4) is 6.07 Å². The van der Waals surface area contributed by atoms with Crippen LogP contribution in [0.15, 0.2) is 0 Å². The summed E-state index contributed by atoms with van der Waals surface area (Å²) in [5.74, 6) is 3.53. The average Bonchev–Trinajstić information content (AvgIpc) is 2.75. The lowest BCUT2D eigenvalue weighted by atomic mass is 9.58. The van der Waals surface area contributed by atoms with E-state index < -0.39 is 0 Å². The first-order valence-electron chi connectivity index (χ1n) is 12.7. The van der Waals surface area contributed by atoms with Crippen molar-refractivity contribution in [1.82, 2.24) is 0 Å². The van der Waals surface area contributed by atoms with Gasteiger partial charge in [0, 0.05) is 6.61 Å². The molecule has 0 spiro atoms. The maximum Gasteiger partial charge on any atom is 0.0692 e. The van der Waals surface area contributed by atoms with E-state index in [1.807, 2.05) is 0 Å². The molecule has 3 aliphatic rings. The SMILES string of the molecule is CCCCCC1CCC(C2CCC(C#N)(C3CCC(OCC)CC3)CC2)CC1. The zero-order chi connectivity index (χ0) is 19.8. The van der Waals surface area contributed by atoms with E-state index in [1.54, 1.807) is 0 Å². The number of unbranched alkanes of at least 4 members (excludes halogenated alkanes) is 2. The average molecular weight is 388 g/mol. The van der Waals surface area contributed by atoms with Crippen molar-refractivity contribution in [3.63, 3.8) is 0 Å². The Morgan fingerprint density at radius 2 is 1.46 bits per heavy atom. The molecule has 0 aromatic heterocycles. The number of nitrogens with zero attached hydrogens (tertiary/aromatic N) is 1. The Balaban J connectivity index is 1.43. The largest absolute Gasteiger partial charge is 0.379 e. The minimum atomic E-state index is -0.00889. The molecule has 3 rings (SSSR count). The number of ether oxygens (including phenoxy) is 1. The monoisotopic (exact) mass is 387 g/mol. The summed E-state index contributed by atoms with van der Waals surface area (Å²) in [6.07, 6.45) is 21.8. The van der Waals surface area contributed by atoms with Gasteiger partial charge >= 0.3 is 0 Å². The van der Waals surface area contributed by atoms with Crippen LogP contribution in [0, 0.1) is 40.4 Å². The maximum absolute atomic E-state index is 10.1. The second kappa shape index (κ2) is 11.0. The summed E-state index contributed by atoms with van der Waals surface area (Å²) in [6.45, 7) is 5.25. The lowest BCUT2D eigenvalue weighted by Gasteiger charge is -2.45. The lowest BCUT2D eigenvalue weighted by Crippen LogP contribution is -2.38. The lowest BCUT2D eigenvalue weighted by molar-refractivity contribution is -0.00233. The van der Waals surface area contributed by atoms with E-state index in [0.29, 0.717) is 12.0 Å². The molecule has 3 saturated carbocycles. The van der Waals surface area contributed by atoms with Crippen LogP contribution in [-0.2, 0) is 4.74 Å². The Morgan fingerprint density at radius 3 is 2.04 bits per heavy atom. The standard InChI is InChI=1S/C26H45NO/c1-3-5-6-7-21-8-10-22(11-9-21)23-16-18-26(20-27,19-17-23)24-12-14-25(15-13-24)28-4-2/h21-25H,3-19H2,1-2H3. The Labute approximate surface area is 174 Å². The highest BCUT2D eigenvalue weighted by atomic mass is 16.5. The minimum absolute atomic E-state index is 0.00889. The molecular weight excluding hydrogens is 342 g/mol. The quantitative estimate of drug-likeness (QED) is 0.400. The molecule has 0 amide bonds. The second-order valence-corrected chi connectivity index (χ2v) is 10.3. The molecule has 0 aromatic carbocycles. The summed E-state index contributed by atoms with van der Waals surface area (Å²) in [6, 6.07) is 2.85. The molecule has 0 saturated heterocycles. The fourth-order valence-corrected chi connectivity index (χ4v) is 6.89. The predicted molar refractivity (Wildman–Crippen MR) is 117 cm³/mol. The summed E-state index contributed by atoms with van der Waals surface area (Å²) in [4.78, 5) is 0. The summed E-state index contributed by atoms with van der Waals surface area (Å²) < 4.78 is 5.84. The zero-order valence-electron chi connectivity index (χ0n) is 18.8. The van der Waals surface area contributed by atoms with E-state index in [9.17, 15) is 5.26 Å². The van der Waals surface area contributed by atoms with Gasteiger partial charge in [0.25, 0.3) is 0 Å². The van der Waals surface area contributed by atoms with Gasteiger partial charge in [-0.15, -0.1) is 0 Å². The number of rotatable bonds is 8. The van der Waals surface area contributed by atoms with Crippen molar-refractivity contribution in [2.45, 2.75) is 123 Å². The molecule has 3 fully saturated rings. The smallest absolute Gasteiger partial charge is 0.0692 e. The van der Waals surface area contributed by atoms with Gasteiger partial charge in [0.1, 0.15) is 0 Å². The van der Waals surface area contributed by atoms with Gasteiger partial charge in [0.2, 0.25) is 0 Å². The predicted octanol–water partition coefficient (Wildman–Crippen LogP) is 7.67. The van der Waals surface area contributed by atoms with Gasteiger partial charge in [0.05, 0.1) is 17.6 Å². The molecule has 0 radical (unpaired) electrons. The molecule has 0 aromatic rings. The molecule has 2 heteroatoms. The van der Waals surface area contributed by atoms with Gasteiger partial charge < -0.3 is 4.74 Å². The van der Waals surface area contributed by atoms with E-state index in [4.69, 9.17) is 4.74 Å². The second-order valence-electron chi connectivity index (χ2n) is 10.3. The van der Waals surface area contributed by atoms with Crippen LogP contribution in [-0.4, -0.2) is 12.7 Å². The number of hydrogen-bond acceptors (Lipinski definition) is 2. The number of hydrogen-bond donors (Lipinski definition) is 0. The molecule has 2 nitrogen and oxygen atoms in total. The Hall–Kier alpha value is -0.550. The summed E-state index contributed by atoms with van der Waals surface area (Å²) in [5, 5.41) is 10.1. The summed E-state index contributed by atoms with van der Waals surface area (Å²) in [7, 11) is 0. The van der Waals surface area contributed by atoms with Crippen molar-refractivity contribution in [3.05, 3.63) is 0 Å². The van der Waals surface area contributed by atoms with Crippen molar-refractivity contribution in [2.75, 3.05) is 6.61 Å². The van der Waals surface area contributed by atoms with Crippen LogP contribution in [0.5, 0.6) is 0 Å². The Kier molecular flexibility index (Phi) is 8.71. The van der Waals surface area contributed by atoms with Gasteiger partial charge in [-0.05, 0) is 94.8 Å². The van der Waals surface area contributed by atoms with E-state index in [0.717, 1.165) is 24.4 Å². The van der Waals surface area contributed by atoms with E-state index >= 15 is 0 Å². The molecule has 0 N–H and O–H groups in total. The van der Waals surface area contributed by atoms with Crippen LogP contribution in [0.2, 0.25) is 0 Å². The van der Waals surface area contributed by atoms with Crippen LogP contribution < -0.4 is 0 Å². The van der Waals surface area contributed by atoms with E-state index in [-0.39, 0.29) is 5.41 Å². The van der Waals surface area contributed by atoms with Crippen LogP contribution in [0.3, 0.4) is 0 Å². The molecule has 0 atom stereocenters. The van der Waals surface area contributed by atoms with E-state index in [2.05, 4.69) is 19.9 Å². The van der Waals surface area contributed by atoms with Crippen molar-refractivity contribution in [2.24, 2.45) is 29.1 Å². The third kappa shape index (κ3) is 5.53. The first-order chi connectivity index (χ1) is 13.7. The molecule has 28 heavy (non-hydrogen) atoms. The van der Waals surface area contributed by atoms with Crippen LogP contribution >= 0.6 is 0 Å². The zero-order valence-corrected chi connectivity index (χ0v) is 18.8. The molecule has 0 aliphatic heterocycles. The van der Waals surface area contributed by atoms with Crippen molar-refractivity contribution >= 4 is 0 Å². The highest BCUT2D eigenvalue weighted by Crippen LogP contribution is 2.52. The van der Waals surface area contributed by atoms with Crippen LogP contribution in [0.1, 0.15) is 117 Å². The van der Waals surface area contributed by atoms with Gasteiger partial charge in [-0.25, -0.2) is 0 Å². The summed E-state index contributed by atoms with van der Waals surface area (Å²) in [5.41, 5.74) is -0.00889. The number of nitriles is 1. The molecular formula is C26H45NO. The minimum Gasteiger partial charge on any atom is -0.379 e. The van der Waals surface area contributed by atoms with Crippen molar-refractivity contribution in [1.29, 1.82) is 5.26 Å². The van der Waals surface area contributed by atoms with Gasteiger partial charge in [0.15, 0.2) is 0 Å². The third-order valence-corrected chi connectivity index (χ3v) is 8.78. The van der Waals surface area contributed by atoms with Crippen molar-refractivity contribution < 1.29 is 4.74 Å². The van der Waals surface area contributed by atoms with Gasteiger partial charge in [-0.2, -0.15) is 5.26 Å². The molecule has 3 aliphatic carbocycles. The summed E-state index contributed by atoms with van der Waals surface area (Å²) >= 11 is 0. The van der Waals surface area contributed by atoms with E-state index in [1.165, 1.54) is 103 Å². The van der Waals surface area contributed by atoms with Crippen LogP contribution in [0.4, 0.5) is 0 Å². The fraction of sp³-hybridized carbons (Fsp3) is 0.962. The maximum atomic E-state index is 10.1. The topological polar surface area (TPSA) is 33.0 Å². The Morgan fingerprint density at radius 1 is 0.821 bits per heavy atom. The first kappa shape index (κ1) is 22.1. The van der Waals surface area contributed by atoms with Crippen LogP contribution in [0.25, 0.3) is 0 Å². The fourth-order valence-electron chi connectivity index (χ4n) is 6.89. The highest BCUT2D eigenvalue weighted by Gasteiger charge is 2.44. The first-order valence-corrected chi connectivity index (χ1v) is 12.7. The highest BCUT2D eigenvalue weighted by molar-refractivity contribution is 5.06. The normalized spacial score (nSPS) is 39.4. The Bertz CT molecular complexity index is 471. The van der Waals surface area contributed by atoms with Gasteiger partial charge in [-0.3, -0.25) is 0 Å². The molecule has 160 valence electrons. The molecule has 0 heterocycles. The molecule has 0 bridgehead atoms. The molecule has 0 unspecified atom stereocenters. The van der Waals surface area contributed by atoms with Gasteiger partial charge in [-0.1, -0.05) is 45.4 Å². The third-order valence-electron chi connectivity index (χ3n) is 8.78.